The summed E-state index contributed by atoms with van der Waals surface area (Å²) in [4.78, 5) is 0. The first kappa shape index (κ1) is 13.1. The van der Waals surface area contributed by atoms with Gasteiger partial charge in [-0.3, -0.25) is 5.10 Å². The van der Waals surface area contributed by atoms with Gasteiger partial charge in [-0.25, -0.2) is 13.1 Å². The van der Waals surface area contributed by atoms with E-state index in [4.69, 9.17) is 11.6 Å². The van der Waals surface area contributed by atoms with E-state index in [9.17, 15) is 8.42 Å². The molecule has 1 aromatic carbocycles. The summed E-state index contributed by atoms with van der Waals surface area (Å²) in [5.74, 6) is 0. The average Bonchev–Trinajstić information content (AvgIpc) is 2.83. The number of hydrogen-bond acceptors (Lipinski definition) is 3. The van der Waals surface area contributed by atoms with Crippen LogP contribution in [0.2, 0.25) is 5.02 Å². The largest absolute Gasteiger partial charge is 0.266 e. The van der Waals surface area contributed by atoms with Crippen LogP contribution in [-0.2, 0) is 10.0 Å². The van der Waals surface area contributed by atoms with Crippen LogP contribution in [0.4, 0.5) is 0 Å². The van der Waals surface area contributed by atoms with Crippen molar-refractivity contribution in [1.29, 1.82) is 0 Å². The molecule has 0 saturated carbocycles. The third kappa shape index (κ3) is 2.90. The second kappa shape index (κ2) is 5.09. The number of benzene rings is 1. The molecule has 2 rings (SSSR count). The van der Waals surface area contributed by atoms with Crippen LogP contribution in [0.15, 0.2) is 41.6 Å². The summed E-state index contributed by atoms with van der Waals surface area (Å²) in [5, 5.41) is 6.70. The van der Waals surface area contributed by atoms with Gasteiger partial charge in [0.25, 0.3) is 10.0 Å². The van der Waals surface area contributed by atoms with Crippen molar-refractivity contribution in [1.82, 2.24) is 14.9 Å². The number of nitrogens with zero attached hydrogens (tertiary/aromatic N) is 1. The Morgan fingerprint density at radius 1 is 1.28 bits per heavy atom. The standard InChI is InChI=1S/C11H12ClN3O2S/c1-8(9-2-4-10(12)5-3-9)15-18(16,17)11-6-7-13-14-11/h2-8,15H,1H3,(H,13,14). The quantitative estimate of drug-likeness (QED) is 0.903. The van der Waals surface area contributed by atoms with Crippen molar-refractivity contribution in [2.75, 3.05) is 0 Å². The Labute approximate surface area is 110 Å². The van der Waals surface area contributed by atoms with E-state index in [0.717, 1.165) is 5.56 Å². The zero-order chi connectivity index (χ0) is 13.2. The van der Waals surface area contributed by atoms with E-state index in [0.29, 0.717) is 5.02 Å². The van der Waals surface area contributed by atoms with E-state index in [1.54, 1.807) is 31.2 Å². The Hall–Kier alpha value is -1.37. The van der Waals surface area contributed by atoms with Gasteiger partial charge in [-0.05, 0) is 30.7 Å². The molecule has 1 aromatic heterocycles. The van der Waals surface area contributed by atoms with Gasteiger partial charge in [0.2, 0.25) is 0 Å². The number of nitrogens with one attached hydrogen (secondary N) is 2. The number of rotatable bonds is 4. The van der Waals surface area contributed by atoms with Crippen LogP contribution in [0.1, 0.15) is 18.5 Å². The molecule has 1 atom stereocenters. The summed E-state index contributed by atoms with van der Waals surface area (Å²) in [7, 11) is -3.58. The summed E-state index contributed by atoms with van der Waals surface area (Å²) >= 11 is 5.78. The van der Waals surface area contributed by atoms with Crippen molar-refractivity contribution in [2.45, 2.75) is 18.0 Å². The lowest BCUT2D eigenvalue weighted by atomic mass is 10.1. The maximum atomic E-state index is 11.9. The molecule has 0 spiro atoms. The smallest absolute Gasteiger partial charge is 0.258 e. The lowest BCUT2D eigenvalue weighted by molar-refractivity contribution is 0.563. The third-order valence-corrected chi connectivity index (χ3v) is 4.19. The number of aromatic nitrogens is 2. The first-order chi connectivity index (χ1) is 8.49. The van der Waals surface area contributed by atoms with Gasteiger partial charge in [-0.2, -0.15) is 5.10 Å². The predicted molar refractivity (Wildman–Crippen MR) is 68.8 cm³/mol. The Kier molecular flexibility index (Phi) is 3.70. The number of H-pyrrole nitrogens is 1. The van der Waals surface area contributed by atoms with Crippen molar-refractivity contribution >= 4 is 21.6 Å². The van der Waals surface area contributed by atoms with E-state index in [1.165, 1.54) is 12.3 Å². The lowest BCUT2D eigenvalue weighted by Gasteiger charge is -2.13. The van der Waals surface area contributed by atoms with Crippen molar-refractivity contribution in [3.63, 3.8) is 0 Å². The zero-order valence-corrected chi connectivity index (χ0v) is 11.2. The van der Waals surface area contributed by atoms with Crippen molar-refractivity contribution in [2.24, 2.45) is 0 Å². The molecule has 0 bridgehead atoms. The zero-order valence-electron chi connectivity index (χ0n) is 9.59. The number of aromatic amines is 1. The Morgan fingerprint density at radius 3 is 2.50 bits per heavy atom. The Morgan fingerprint density at radius 2 is 1.94 bits per heavy atom. The van der Waals surface area contributed by atoms with Crippen LogP contribution in [0.25, 0.3) is 0 Å². The van der Waals surface area contributed by atoms with Gasteiger partial charge in [-0.15, -0.1) is 0 Å². The first-order valence-electron chi connectivity index (χ1n) is 5.26. The van der Waals surface area contributed by atoms with Crippen LogP contribution >= 0.6 is 11.6 Å². The Balaban J connectivity index is 2.17. The molecule has 5 nitrogen and oxygen atoms in total. The molecule has 0 aliphatic rings. The van der Waals surface area contributed by atoms with Crippen molar-refractivity contribution in [3.05, 3.63) is 47.1 Å². The van der Waals surface area contributed by atoms with E-state index in [1.807, 2.05) is 0 Å². The highest BCUT2D eigenvalue weighted by Gasteiger charge is 2.19. The van der Waals surface area contributed by atoms with Gasteiger partial charge in [0.1, 0.15) is 0 Å². The maximum Gasteiger partial charge on any atom is 0.258 e. The number of halogens is 1. The van der Waals surface area contributed by atoms with Gasteiger partial charge in [0.05, 0.1) is 6.20 Å². The second-order valence-corrected chi connectivity index (χ2v) is 5.93. The van der Waals surface area contributed by atoms with E-state index < -0.39 is 10.0 Å². The molecule has 2 N–H and O–H groups in total. The minimum absolute atomic E-state index is 0.0447. The summed E-state index contributed by atoms with van der Waals surface area (Å²) in [5.41, 5.74) is 0.836. The maximum absolute atomic E-state index is 11.9. The molecule has 0 saturated heterocycles. The van der Waals surface area contributed by atoms with Crippen LogP contribution in [0.5, 0.6) is 0 Å². The van der Waals surface area contributed by atoms with E-state index in [-0.39, 0.29) is 11.1 Å². The highest BCUT2D eigenvalue weighted by Crippen LogP contribution is 2.18. The van der Waals surface area contributed by atoms with Crippen LogP contribution < -0.4 is 4.72 Å². The molecule has 1 unspecified atom stereocenters. The SMILES string of the molecule is CC(NS(=O)(=O)c1ccn[nH]1)c1ccc(Cl)cc1. The highest BCUT2D eigenvalue weighted by atomic mass is 35.5. The molecular formula is C11H12ClN3O2S. The molecule has 0 radical (unpaired) electrons. The van der Waals surface area contributed by atoms with Crippen LogP contribution in [-0.4, -0.2) is 18.6 Å². The summed E-state index contributed by atoms with van der Waals surface area (Å²) in [6.45, 7) is 1.76. The lowest BCUT2D eigenvalue weighted by Crippen LogP contribution is -2.27. The molecule has 1 heterocycles. The topological polar surface area (TPSA) is 74.8 Å². The van der Waals surface area contributed by atoms with Gasteiger partial charge in [0.15, 0.2) is 5.03 Å². The summed E-state index contributed by atoms with van der Waals surface area (Å²) in [6, 6.07) is 8.05. The minimum atomic E-state index is -3.58. The number of sulfonamides is 1. The molecule has 96 valence electrons. The van der Waals surface area contributed by atoms with Gasteiger partial charge < -0.3 is 0 Å². The Bertz CT molecular complexity index is 608. The molecule has 0 aliphatic heterocycles. The van der Waals surface area contributed by atoms with Gasteiger partial charge in [0, 0.05) is 11.1 Å². The summed E-state index contributed by atoms with van der Waals surface area (Å²) in [6.07, 6.45) is 1.39. The van der Waals surface area contributed by atoms with Gasteiger partial charge >= 0.3 is 0 Å². The normalized spacial score (nSPS) is 13.4. The number of hydrogen-bond donors (Lipinski definition) is 2. The molecule has 0 aliphatic carbocycles. The van der Waals surface area contributed by atoms with E-state index in [2.05, 4.69) is 14.9 Å². The minimum Gasteiger partial charge on any atom is -0.266 e. The fourth-order valence-electron chi connectivity index (χ4n) is 1.51. The molecular weight excluding hydrogens is 274 g/mol. The van der Waals surface area contributed by atoms with Gasteiger partial charge in [-0.1, -0.05) is 23.7 Å². The molecule has 0 amide bonds. The molecule has 2 aromatic rings. The first-order valence-corrected chi connectivity index (χ1v) is 7.12. The third-order valence-electron chi connectivity index (χ3n) is 2.47. The summed E-state index contributed by atoms with van der Waals surface area (Å²) < 4.78 is 26.4. The van der Waals surface area contributed by atoms with Crippen LogP contribution in [0, 0.1) is 0 Å². The predicted octanol–water partition coefficient (Wildman–Crippen LogP) is 2.10. The molecule has 18 heavy (non-hydrogen) atoms. The molecule has 7 heteroatoms. The fourth-order valence-corrected chi connectivity index (χ4v) is 2.78. The molecule has 0 fully saturated rings. The van der Waals surface area contributed by atoms with Crippen molar-refractivity contribution < 1.29 is 8.42 Å². The van der Waals surface area contributed by atoms with Crippen molar-refractivity contribution in [3.8, 4) is 0 Å². The highest BCUT2D eigenvalue weighted by molar-refractivity contribution is 7.89. The van der Waals surface area contributed by atoms with E-state index >= 15 is 0 Å². The monoisotopic (exact) mass is 285 g/mol. The van der Waals surface area contributed by atoms with Crippen LogP contribution in [0.3, 0.4) is 0 Å². The average molecular weight is 286 g/mol. The fraction of sp³-hybridized carbons (Fsp3) is 0.182. The second-order valence-electron chi connectivity index (χ2n) is 3.82.